The van der Waals surface area contributed by atoms with Crippen LogP contribution in [0.15, 0.2) is 18.2 Å². The van der Waals surface area contributed by atoms with Gasteiger partial charge in [-0.1, -0.05) is 0 Å². The maximum absolute atomic E-state index is 13.3. The summed E-state index contributed by atoms with van der Waals surface area (Å²) in [5.74, 6) is 0.0374. The van der Waals surface area contributed by atoms with Gasteiger partial charge in [0.2, 0.25) is 0 Å². The molecule has 2 amide bonds. The predicted molar refractivity (Wildman–Crippen MR) is 73.8 cm³/mol. The van der Waals surface area contributed by atoms with Crippen LogP contribution in [-0.2, 0) is 7.05 Å². The Balaban J connectivity index is 1.90. The van der Waals surface area contributed by atoms with Gasteiger partial charge >= 0.3 is 6.03 Å². The van der Waals surface area contributed by atoms with E-state index in [0.29, 0.717) is 19.0 Å². The summed E-state index contributed by atoms with van der Waals surface area (Å²) in [6.07, 6.45) is 1.68. The minimum absolute atomic E-state index is 0.254. The summed E-state index contributed by atoms with van der Waals surface area (Å²) in [4.78, 5) is 12.8. The maximum Gasteiger partial charge on any atom is 0.314 e. The first-order valence-corrected chi connectivity index (χ1v) is 6.73. The zero-order valence-corrected chi connectivity index (χ0v) is 11.3. The average Bonchev–Trinajstić information content (AvgIpc) is 2.76. The first-order valence-electron chi connectivity index (χ1n) is 6.73. The highest BCUT2D eigenvalue weighted by Gasteiger charge is 2.26. The Kier molecular flexibility index (Phi) is 3.08. The fraction of sp³-hybridized carbons (Fsp3) is 0.429. The van der Waals surface area contributed by atoms with Crippen molar-refractivity contribution in [3.8, 4) is 0 Å². The van der Waals surface area contributed by atoms with Crippen molar-refractivity contribution in [1.82, 2.24) is 14.7 Å². The van der Waals surface area contributed by atoms with E-state index in [2.05, 4.69) is 5.10 Å². The fourth-order valence-corrected chi connectivity index (χ4v) is 2.93. The predicted octanol–water partition coefficient (Wildman–Crippen LogP) is 1.97. The maximum atomic E-state index is 13.3. The number of carbonyl (C=O) groups is 1. The van der Waals surface area contributed by atoms with Crippen molar-refractivity contribution in [2.24, 2.45) is 12.8 Å². The zero-order valence-electron chi connectivity index (χ0n) is 11.3. The lowest BCUT2D eigenvalue weighted by Crippen LogP contribution is -2.41. The number of hydrogen-bond acceptors (Lipinski definition) is 2. The molecule has 6 heteroatoms. The second-order valence-corrected chi connectivity index (χ2v) is 5.27. The number of nitrogens with two attached hydrogens (primary N) is 1. The quantitative estimate of drug-likeness (QED) is 0.865. The number of amides is 2. The third kappa shape index (κ3) is 2.11. The summed E-state index contributed by atoms with van der Waals surface area (Å²) in [6, 6.07) is 4.39. The van der Waals surface area contributed by atoms with E-state index in [9.17, 15) is 9.18 Å². The number of likely N-dealkylation sites (tertiary alicyclic amines) is 1. The smallest absolute Gasteiger partial charge is 0.314 e. The minimum atomic E-state index is -0.364. The van der Waals surface area contributed by atoms with E-state index in [4.69, 9.17) is 5.73 Å². The molecule has 106 valence electrons. The van der Waals surface area contributed by atoms with E-state index < -0.39 is 0 Å². The number of aromatic nitrogens is 2. The normalized spacial score (nSPS) is 16.8. The zero-order chi connectivity index (χ0) is 14.3. The highest BCUT2D eigenvalue weighted by atomic mass is 19.1. The van der Waals surface area contributed by atoms with Gasteiger partial charge in [0.05, 0.1) is 11.2 Å². The number of urea groups is 1. The van der Waals surface area contributed by atoms with E-state index >= 15 is 0 Å². The molecule has 0 spiro atoms. The number of halogens is 1. The van der Waals surface area contributed by atoms with Crippen LogP contribution in [-0.4, -0.2) is 33.8 Å². The molecule has 2 heterocycles. The molecule has 20 heavy (non-hydrogen) atoms. The lowest BCUT2D eigenvalue weighted by Gasteiger charge is -2.30. The molecule has 0 atom stereocenters. The van der Waals surface area contributed by atoms with E-state index in [1.54, 1.807) is 15.6 Å². The number of fused-ring (bicyclic) bond motifs is 1. The Labute approximate surface area is 116 Å². The van der Waals surface area contributed by atoms with Crippen LogP contribution in [0.3, 0.4) is 0 Å². The van der Waals surface area contributed by atoms with Gasteiger partial charge in [-0.15, -0.1) is 0 Å². The van der Waals surface area contributed by atoms with Crippen molar-refractivity contribution in [2.75, 3.05) is 13.1 Å². The molecule has 0 radical (unpaired) electrons. The molecule has 1 aliphatic rings. The van der Waals surface area contributed by atoms with E-state index in [-0.39, 0.29) is 11.8 Å². The van der Waals surface area contributed by atoms with Gasteiger partial charge in [-0.25, -0.2) is 9.18 Å². The van der Waals surface area contributed by atoms with Crippen LogP contribution >= 0.6 is 0 Å². The van der Waals surface area contributed by atoms with Crippen molar-refractivity contribution in [2.45, 2.75) is 18.8 Å². The summed E-state index contributed by atoms with van der Waals surface area (Å²) in [5, 5.41) is 5.53. The van der Waals surface area contributed by atoms with Crippen LogP contribution in [0.1, 0.15) is 24.5 Å². The highest BCUT2D eigenvalue weighted by molar-refractivity contribution is 5.82. The fourth-order valence-electron chi connectivity index (χ4n) is 2.93. The number of aryl methyl sites for hydroxylation is 1. The molecule has 3 rings (SSSR count). The molecule has 2 aromatic rings. The minimum Gasteiger partial charge on any atom is -0.351 e. The van der Waals surface area contributed by atoms with Crippen molar-refractivity contribution in [3.63, 3.8) is 0 Å². The van der Waals surface area contributed by atoms with Crippen molar-refractivity contribution >= 4 is 16.9 Å². The molecule has 2 N–H and O–H groups in total. The number of nitrogens with zero attached hydrogens (tertiary/aromatic N) is 3. The Hall–Kier alpha value is -2.11. The van der Waals surface area contributed by atoms with E-state index in [1.807, 2.05) is 7.05 Å². The van der Waals surface area contributed by atoms with Gasteiger partial charge in [0.25, 0.3) is 0 Å². The van der Waals surface area contributed by atoms with Gasteiger partial charge in [-0.2, -0.15) is 5.10 Å². The van der Waals surface area contributed by atoms with Gasteiger partial charge in [-0.05, 0) is 31.0 Å². The molecule has 1 aromatic carbocycles. The highest BCUT2D eigenvalue weighted by Crippen LogP contribution is 2.32. The summed E-state index contributed by atoms with van der Waals surface area (Å²) in [5.41, 5.74) is 7.08. The standard InChI is InChI=1S/C14H17FN4O/c1-18-12-8-10(15)2-3-11(12)13(17-18)9-4-6-19(7-5-9)14(16)20/h2-3,8-9H,4-7H2,1H3,(H2,16,20). The Morgan fingerprint density at radius 2 is 2.10 bits per heavy atom. The Morgan fingerprint density at radius 1 is 1.40 bits per heavy atom. The molecular weight excluding hydrogens is 259 g/mol. The van der Waals surface area contributed by atoms with Gasteiger partial charge in [0.15, 0.2) is 0 Å². The van der Waals surface area contributed by atoms with Crippen molar-refractivity contribution in [1.29, 1.82) is 0 Å². The first-order chi connectivity index (χ1) is 9.56. The van der Waals surface area contributed by atoms with Crippen molar-refractivity contribution < 1.29 is 9.18 Å². The number of primary amides is 1. The third-order valence-electron chi connectivity index (χ3n) is 4.04. The van der Waals surface area contributed by atoms with Gasteiger partial charge < -0.3 is 10.6 Å². The molecule has 1 aliphatic heterocycles. The summed E-state index contributed by atoms with van der Waals surface area (Å²) >= 11 is 0. The van der Waals surface area contributed by atoms with Crippen LogP contribution in [0, 0.1) is 5.82 Å². The Bertz CT molecular complexity index is 658. The second kappa shape index (κ2) is 4.77. The van der Waals surface area contributed by atoms with Crippen LogP contribution < -0.4 is 5.73 Å². The van der Waals surface area contributed by atoms with Gasteiger partial charge in [0.1, 0.15) is 5.82 Å². The average molecular weight is 276 g/mol. The van der Waals surface area contributed by atoms with E-state index in [0.717, 1.165) is 29.4 Å². The molecule has 0 saturated carbocycles. The second-order valence-electron chi connectivity index (χ2n) is 5.27. The number of benzene rings is 1. The molecule has 0 aliphatic carbocycles. The van der Waals surface area contributed by atoms with Crippen LogP contribution in [0.2, 0.25) is 0 Å². The van der Waals surface area contributed by atoms with Gasteiger partial charge in [0, 0.05) is 31.4 Å². The number of rotatable bonds is 1. The van der Waals surface area contributed by atoms with Crippen LogP contribution in [0.5, 0.6) is 0 Å². The Morgan fingerprint density at radius 3 is 2.75 bits per heavy atom. The number of carbonyl (C=O) groups excluding carboxylic acids is 1. The molecule has 1 fully saturated rings. The molecule has 5 nitrogen and oxygen atoms in total. The summed E-state index contributed by atoms with van der Waals surface area (Å²) in [6.45, 7) is 1.30. The third-order valence-corrected chi connectivity index (χ3v) is 4.04. The monoisotopic (exact) mass is 276 g/mol. The first kappa shape index (κ1) is 12.9. The molecule has 0 bridgehead atoms. The lowest BCUT2D eigenvalue weighted by molar-refractivity contribution is 0.190. The van der Waals surface area contributed by atoms with Gasteiger partial charge in [-0.3, -0.25) is 4.68 Å². The van der Waals surface area contributed by atoms with Crippen LogP contribution in [0.25, 0.3) is 10.9 Å². The van der Waals surface area contributed by atoms with Crippen molar-refractivity contribution in [3.05, 3.63) is 29.7 Å². The topological polar surface area (TPSA) is 64.2 Å². The summed E-state index contributed by atoms with van der Waals surface area (Å²) < 4.78 is 15.0. The molecule has 1 aromatic heterocycles. The molecule has 0 unspecified atom stereocenters. The number of piperidine rings is 1. The van der Waals surface area contributed by atoms with Crippen LogP contribution in [0.4, 0.5) is 9.18 Å². The van der Waals surface area contributed by atoms with E-state index in [1.165, 1.54) is 12.1 Å². The number of hydrogen-bond donors (Lipinski definition) is 1. The molecule has 1 saturated heterocycles. The molecular formula is C14H17FN4O. The SMILES string of the molecule is Cn1nc(C2CCN(C(N)=O)CC2)c2ccc(F)cc21. The summed E-state index contributed by atoms with van der Waals surface area (Å²) in [7, 11) is 1.82. The largest absolute Gasteiger partial charge is 0.351 e. The lowest BCUT2D eigenvalue weighted by atomic mass is 9.92.